The van der Waals surface area contributed by atoms with Gasteiger partial charge in [-0.15, -0.1) is 0 Å². The summed E-state index contributed by atoms with van der Waals surface area (Å²) in [4.78, 5) is 31.7. The largest absolute Gasteiger partial charge is 0.507 e. The number of nitrogens with zero attached hydrogens (tertiary/aromatic N) is 2. The van der Waals surface area contributed by atoms with Crippen molar-refractivity contribution < 1.29 is 19.4 Å². The minimum Gasteiger partial charge on any atom is -0.507 e. The number of aliphatic hydroxyl groups is 1. The van der Waals surface area contributed by atoms with Crippen molar-refractivity contribution in [1.29, 1.82) is 0 Å². The number of aromatic nitrogens is 1. The Hall–Kier alpha value is -3.20. The molecule has 1 N–H and O–H groups in total. The van der Waals surface area contributed by atoms with Gasteiger partial charge >= 0.3 is 0 Å². The molecule has 0 bridgehead atoms. The average Bonchev–Trinajstić information content (AvgIpc) is 3.05. The van der Waals surface area contributed by atoms with Crippen LogP contribution in [0.3, 0.4) is 0 Å². The molecule has 2 heterocycles. The number of pyridine rings is 1. The van der Waals surface area contributed by atoms with Gasteiger partial charge in [0, 0.05) is 28.1 Å². The third-order valence-electron chi connectivity index (χ3n) is 5.25. The molecule has 7 heteroatoms. The number of aliphatic hydroxyl groups excluding tert-OH is 1. The van der Waals surface area contributed by atoms with Crippen molar-refractivity contribution in [2.24, 2.45) is 0 Å². The Labute approximate surface area is 199 Å². The SMILES string of the molecule is CCOc1cccc(C(O)=C2C(=O)C(=O)N(Cc3ccncc3)C2c2ccc(I)cc2)c1. The zero-order valence-electron chi connectivity index (χ0n) is 17.4. The third kappa shape index (κ3) is 4.38. The van der Waals surface area contributed by atoms with Crippen LogP contribution in [0.25, 0.3) is 5.76 Å². The van der Waals surface area contributed by atoms with Crippen LogP contribution in [-0.2, 0) is 16.1 Å². The molecule has 6 nitrogen and oxygen atoms in total. The summed E-state index contributed by atoms with van der Waals surface area (Å²) in [5.74, 6) is -0.992. The molecule has 1 unspecified atom stereocenters. The van der Waals surface area contributed by atoms with Crippen LogP contribution in [0, 0.1) is 3.57 Å². The molecule has 0 spiro atoms. The molecule has 1 atom stereocenters. The highest BCUT2D eigenvalue weighted by atomic mass is 127. The number of halogens is 1. The molecule has 3 aromatic rings. The van der Waals surface area contributed by atoms with Crippen molar-refractivity contribution in [2.45, 2.75) is 19.5 Å². The van der Waals surface area contributed by atoms with E-state index in [0.29, 0.717) is 17.9 Å². The van der Waals surface area contributed by atoms with Gasteiger partial charge in [-0.1, -0.05) is 24.3 Å². The Bertz CT molecular complexity index is 1180. The Kier molecular flexibility index (Phi) is 6.55. The van der Waals surface area contributed by atoms with E-state index in [2.05, 4.69) is 27.6 Å². The van der Waals surface area contributed by atoms with Crippen LogP contribution in [0.4, 0.5) is 0 Å². The number of hydrogen-bond acceptors (Lipinski definition) is 5. The molecular weight excluding hydrogens is 519 g/mol. The first kappa shape index (κ1) is 22.0. The number of carbonyl (C=O) groups is 2. The molecule has 32 heavy (non-hydrogen) atoms. The van der Waals surface area contributed by atoms with Crippen molar-refractivity contribution in [3.05, 3.63) is 98.9 Å². The van der Waals surface area contributed by atoms with Gasteiger partial charge in [0.15, 0.2) is 0 Å². The van der Waals surface area contributed by atoms with Crippen molar-refractivity contribution >= 4 is 40.0 Å². The molecule has 4 rings (SSSR count). The summed E-state index contributed by atoms with van der Waals surface area (Å²) in [5.41, 5.74) is 2.09. The Morgan fingerprint density at radius 2 is 1.81 bits per heavy atom. The molecule has 0 radical (unpaired) electrons. The summed E-state index contributed by atoms with van der Waals surface area (Å²) in [6.07, 6.45) is 3.29. The lowest BCUT2D eigenvalue weighted by Gasteiger charge is -2.25. The number of hydrogen-bond donors (Lipinski definition) is 1. The summed E-state index contributed by atoms with van der Waals surface area (Å²) in [6.45, 7) is 2.57. The predicted octanol–water partition coefficient (Wildman–Crippen LogP) is 4.71. The lowest BCUT2D eigenvalue weighted by Crippen LogP contribution is -2.29. The zero-order valence-corrected chi connectivity index (χ0v) is 19.5. The zero-order chi connectivity index (χ0) is 22.7. The van der Waals surface area contributed by atoms with Crippen LogP contribution >= 0.6 is 22.6 Å². The van der Waals surface area contributed by atoms with E-state index < -0.39 is 17.7 Å². The number of ether oxygens (including phenoxy) is 1. The standard InChI is InChI=1S/C25H21IN2O4/c1-2-32-20-5-3-4-18(14-20)23(29)21-22(17-6-8-19(26)9-7-17)28(25(31)24(21)30)15-16-10-12-27-13-11-16/h3-14,22,29H,2,15H2,1H3. The van der Waals surface area contributed by atoms with Crippen molar-refractivity contribution in [3.8, 4) is 5.75 Å². The van der Waals surface area contributed by atoms with E-state index in [1.807, 2.05) is 31.2 Å². The summed E-state index contributed by atoms with van der Waals surface area (Å²) in [7, 11) is 0. The summed E-state index contributed by atoms with van der Waals surface area (Å²) >= 11 is 2.20. The summed E-state index contributed by atoms with van der Waals surface area (Å²) in [5, 5.41) is 11.2. The van der Waals surface area contributed by atoms with Gasteiger partial charge < -0.3 is 14.7 Å². The summed E-state index contributed by atoms with van der Waals surface area (Å²) in [6, 6.07) is 17.4. The molecule has 1 aromatic heterocycles. The van der Waals surface area contributed by atoms with E-state index in [-0.39, 0.29) is 17.9 Å². The maximum Gasteiger partial charge on any atom is 0.295 e. The van der Waals surface area contributed by atoms with Gasteiger partial charge in [0.1, 0.15) is 11.5 Å². The van der Waals surface area contributed by atoms with Gasteiger partial charge in [0.25, 0.3) is 11.7 Å². The minimum absolute atomic E-state index is 0.0684. The van der Waals surface area contributed by atoms with E-state index >= 15 is 0 Å². The monoisotopic (exact) mass is 540 g/mol. The van der Waals surface area contributed by atoms with Crippen LogP contribution in [0.2, 0.25) is 0 Å². The number of carbonyl (C=O) groups excluding carboxylic acids is 2. The van der Waals surface area contributed by atoms with E-state index in [9.17, 15) is 14.7 Å². The molecule has 1 amide bonds. The van der Waals surface area contributed by atoms with Gasteiger partial charge in [0.05, 0.1) is 18.2 Å². The van der Waals surface area contributed by atoms with Crippen LogP contribution in [-0.4, -0.2) is 33.3 Å². The topological polar surface area (TPSA) is 79.7 Å². The number of Topliss-reactive ketones (excluding diaryl/α,β-unsaturated/α-hetero) is 1. The smallest absolute Gasteiger partial charge is 0.295 e. The molecule has 1 aliphatic heterocycles. The van der Waals surface area contributed by atoms with Crippen molar-refractivity contribution in [3.63, 3.8) is 0 Å². The van der Waals surface area contributed by atoms with Crippen molar-refractivity contribution in [1.82, 2.24) is 9.88 Å². The average molecular weight is 540 g/mol. The lowest BCUT2D eigenvalue weighted by atomic mass is 9.95. The second-order valence-corrected chi connectivity index (χ2v) is 8.54. The fraction of sp³-hybridized carbons (Fsp3) is 0.160. The maximum atomic E-state index is 13.1. The Balaban J connectivity index is 1.84. The van der Waals surface area contributed by atoms with Gasteiger partial charge in [-0.25, -0.2) is 0 Å². The second kappa shape index (κ2) is 9.52. The highest BCUT2D eigenvalue weighted by Gasteiger charge is 2.46. The van der Waals surface area contributed by atoms with Crippen LogP contribution in [0.1, 0.15) is 29.7 Å². The minimum atomic E-state index is -0.712. The van der Waals surface area contributed by atoms with Crippen LogP contribution < -0.4 is 4.74 Å². The fourth-order valence-electron chi connectivity index (χ4n) is 3.77. The lowest BCUT2D eigenvalue weighted by molar-refractivity contribution is -0.140. The normalized spacial score (nSPS) is 17.6. The third-order valence-corrected chi connectivity index (χ3v) is 5.97. The first-order chi connectivity index (χ1) is 15.5. The highest BCUT2D eigenvalue weighted by molar-refractivity contribution is 14.1. The Morgan fingerprint density at radius 3 is 2.50 bits per heavy atom. The van der Waals surface area contributed by atoms with Gasteiger partial charge in [0.2, 0.25) is 0 Å². The molecule has 162 valence electrons. The van der Waals surface area contributed by atoms with Crippen LogP contribution in [0.5, 0.6) is 5.75 Å². The fourth-order valence-corrected chi connectivity index (χ4v) is 4.13. The number of ketones is 1. The predicted molar refractivity (Wildman–Crippen MR) is 129 cm³/mol. The Morgan fingerprint density at radius 1 is 1.09 bits per heavy atom. The molecule has 1 saturated heterocycles. The van der Waals surface area contributed by atoms with E-state index in [0.717, 1.165) is 14.7 Å². The number of likely N-dealkylation sites (tertiary alicyclic amines) is 1. The second-order valence-electron chi connectivity index (χ2n) is 7.29. The molecular formula is C25H21IN2O4. The molecule has 2 aromatic carbocycles. The number of amides is 1. The van der Waals surface area contributed by atoms with Gasteiger partial charge in [-0.05, 0) is 77.0 Å². The first-order valence-electron chi connectivity index (χ1n) is 10.2. The first-order valence-corrected chi connectivity index (χ1v) is 11.2. The van der Waals surface area contributed by atoms with Crippen molar-refractivity contribution in [2.75, 3.05) is 6.61 Å². The molecule has 0 saturated carbocycles. The number of benzene rings is 2. The van der Waals surface area contributed by atoms with Gasteiger partial charge in [-0.2, -0.15) is 0 Å². The number of rotatable bonds is 6. The van der Waals surface area contributed by atoms with E-state index in [1.54, 1.807) is 48.8 Å². The maximum absolute atomic E-state index is 13.1. The molecule has 1 fully saturated rings. The summed E-state index contributed by atoms with van der Waals surface area (Å²) < 4.78 is 6.56. The molecule has 0 aliphatic carbocycles. The quantitative estimate of drug-likeness (QED) is 0.212. The highest BCUT2D eigenvalue weighted by Crippen LogP contribution is 2.40. The van der Waals surface area contributed by atoms with E-state index in [1.165, 1.54) is 4.90 Å². The van der Waals surface area contributed by atoms with Gasteiger partial charge in [-0.3, -0.25) is 14.6 Å². The van der Waals surface area contributed by atoms with E-state index in [4.69, 9.17) is 4.74 Å². The molecule has 1 aliphatic rings. The van der Waals surface area contributed by atoms with Crippen LogP contribution in [0.15, 0.2) is 78.6 Å².